The van der Waals surface area contributed by atoms with Gasteiger partial charge in [-0.25, -0.2) is 14.8 Å². The Morgan fingerprint density at radius 2 is 2.06 bits per heavy atom. The highest BCUT2D eigenvalue weighted by Crippen LogP contribution is 2.32. The van der Waals surface area contributed by atoms with Crippen LogP contribution in [0.25, 0.3) is 11.2 Å². The monoisotopic (exact) mass is 478 g/mol. The van der Waals surface area contributed by atoms with Gasteiger partial charge in [0.05, 0.1) is 16.9 Å². The average molecular weight is 479 g/mol. The van der Waals surface area contributed by atoms with Crippen molar-refractivity contribution in [2.24, 2.45) is 0 Å². The van der Waals surface area contributed by atoms with Gasteiger partial charge in [-0.1, -0.05) is 17.7 Å². The number of alkyl halides is 3. The summed E-state index contributed by atoms with van der Waals surface area (Å²) in [7, 11) is 0. The molecular weight excluding hydrogens is 461 g/mol. The minimum absolute atomic E-state index is 0.0411. The van der Waals surface area contributed by atoms with Crippen LogP contribution in [0.5, 0.6) is 0 Å². The molecule has 0 aromatic carbocycles. The normalized spacial score (nSPS) is 13.9. The van der Waals surface area contributed by atoms with Gasteiger partial charge in [-0.3, -0.25) is 9.20 Å². The number of rotatable bonds is 5. The Morgan fingerprint density at radius 3 is 2.70 bits per heavy atom. The van der Waals surface area contributed by atoms with Gasteiger partial charge < -0.3 is 10.4 Å². The van der Waals surface area contributed by atoms with Crippen LogP contribution in [-0.2, 0) is 12.7 Å². The Kier molecular flexibility index (Phi) is 5.87. The second-order valence-electron chi connectivity index (χ2n) is 7.65. The molecular formula is C22H18ClF3N4O3. The number of fused-ring (bicyclic) bond motifs is 1. The summed E-state index contributed by atoms with van der Waals surface area (Å²) in [6, 6.07) is 3.63. The first kappa shape index (κ1) is 22.8. The van der Waals surface area contributed by atoms with E-state index in [1.807, 2.05) is 6.08 Å². The van der Waals surface area contributed by atoms with Crippen LogP contribution >= 0.6 is 11.6 Å². The molecule has 0 spiro atoms. The molecule has 0 atom stereocenters. The molecule has 3 aromatic rings. The molecule has 3 heterocycles. The third kappa shape index (κ3) is 4.43. The van der Waals surface area contributed by atoms with E-state index in [9.17, 15) is 27.9 Å². The van der Waals surface area contributed by atoms with Crippen LogP contribution in [0.3, 0.4) is 0 Å². The summed E-state index contributed by atoms with van der Waals surface area (Å²) >= 11 is 5.76. The van der Waals surface area contributed by atoms with Gasteiger partial charge in [0, 0.05) is 23.9 Å². The zero-order chi connectivity index (χ0) is 23.9. The molecule has 1 aliphatic rings. The highest BCUT2D eigenvalue weighted by Gasteiger charge is 2.32. The maximum atomic E-state index is 13.6. The van der Waals surface area contributed by atoms with Gasteiger partial charge in [-0.05, 0) is 50.0 Å². The number of hydrogen-bond donors (Lipinski definition) is 2. The predicted octanol–water partition coefficient (Wildman–Crippen LogP) is 4.95. The van der Waals surface area contributed by atoms with Gasteiger partial charge >= 0.3 is 12.1 Å². The fourth-order valence-corrected chi connectivity index (χ4v) is 3.96. The molecule has 4 rings (SSSR count). The number of aromatic nitrogens is 3. The van der Waals surface area contributed by atoms with E-state index in [2.05, 4.69) is 15.3 Å². The lowest BCUT2D eigenvalue weighted by molar-refractivity contribution is -0.137. The van der Waals surface area contributed by atoms with Crippen LogP contribution < -0.4 is 10.9 Å². The lowest BCUT2D eigenvalue weighted by atomic mass is 10.1. The summed E-state index contributed by atoms with van der Waals surface area (Å²) in [6.45, 7) is 1.32. The minimum atomic E-state index is -4.70. The molecule has 33 heavy (non-hydrogen) atoms. The fraction of sp³-hybridized carbons (Fsp3) is 0.273. The van der Waals surface area contributed by atoms with Gasteiger partial charge in [-0.15, -0.1) is 0 Å². The summed E-state index contributed by atoms with van der Waals surface area (Å²) in [6.07, 6.45) is 0.511. The predicted molar refractivity (Wildman–Crippen MR) is 117 cm³/mol. The highest BCUT2D eigenvalue weighted by atomic mass is 35.5. The summed E-state index contributed by atoms with van der Waals surface area (Å²) < 4.78 is 41.6. The van der Waals surface area contributed by atoms with E-state index in [0.717, 1.165) is 41.5 Å². The number of carboxylic acids is 1. The van der Waals surface area contributed by atoms with Gasteiger partial charge in [0.15, 0.2) is 5.69 Å². The standard InChI is InChI=1S/C22H18ClF3N4O3/c1-11-17(12-4-2-3-5-12)29-19-13(8-14(22(24,25)26)10-30(19)20(11)31)9-27-15-6-7-16(23)28-18(15)21(32)33/h4,6-8,10,27H,2-3,5,9H2,1H3,(H,32,33). The van der Waals surface area contributed by atoms with Crippen molar-refractivity contribution in [2.75, 3.05) is 5.32 Å². The molecule has 0 radical (unpaired) electrons. The zero-order valence-corrected chi connectivity index (χ0v) is 18.1. The number of carbonyl (C=O) groups is 1. The maximum absolute atomic E-state index is 13.6. The Bertz CT molecular complexity index is 1370. The van der Waals surface area contributed by atoms with Gasteiger partial charge in [0.1, 0.15) is 10.8 Å². The molecule has 0 aliphatic heterocycles. The van der Waals surface area contributed by atoms with Crippen molar-refractivity contribution in [2.45, 2.75) is 38.9 Å². The van der Waals surface area contributed by atoms with Crippen molar-refractivity contribution in [1.29, 1.82) is 0 Å². The third-order valence-electron chi connectivity index (χ3n) is 5.43. The van der Waals surface area contributed by atoms with Crippen LogP contribution in [0.2, 0.25) is 5.15 Å². The molecule has 172 valence electrons. The van der Waals surface area contributed by atoms with Gasteiger partial charge in [0.2, 0.25) is 0 Å². The highest BCUT2D eigenvalue weighted by molar-refractivity contribution is 6.29. The Morgan fingerprint density at radius 1 is 1.30 bits per heavy atom. The number of nitrogens with one attached hydrogen (secondary N) is 1. The van der Waals surface area contributed by atoms with Crippen molar-refractivity contribution in [3.8, 4) is 0 Å². The van der Waals surface area contributed by atoms with E-state index in [-0.39, 0.29) is 39.9 Å². The number of allylic oxidation sites excluding steroid dienone is 2. The summed E-state index contributed by atoms with van der Waals surface area (Å²) in [5.41, 5.74) is -0.147. The molecule has 0 unspecified atom stereocenters. The number of hydrogen-bond acceptors (Lipinski definition) is 5. The molecule has 7 nitrogen and oxygen atoms in total. The topological polar surface area (TPSA) is 96.6 Å². The van der Waals surface area contributed by atoms with Crippen molar-refractivity contribution in [3.63, 3.8) is 0 Å². The van der Waals surface area contributed by atoms with Crippen LogP contribution in [-0.4, -0.2) is 25.4 Å². The van der Waals surface area contributed by atoms with Gasteiger partial charge in [0.25, 0.3) is 5.56 Å². The molecule has 0 amide bonds. The molecule has 1 aliphatic carbocycles. The number of halogens is 4. The third-order valence-corrected chi connectivity index (χ3v) is 5.64. The summed E-state index contributed by atoms with van der Waals surface area (Å²) in [4.78, 5) is 32.8. The second-order valence-corrected chi connectivity index (χ2v) is 8.03. The quantitative estimate of drug-likeness (QED) is 0.504. The molecule has 0 fully saturated rings. The SMILES string of the molecule is Cc1c(C2=CCCC2)nc2c(CNc3ccc(Cl)nc3C(=O)O)cc(C(F)(F)F)cn2c1=O. The fourth-order valence-electron chi connectivity index (χ4n) is 3.81. The average Bonchev–Trinajstić information content (AvgIpc) is 3.29. The van der Waals surface area contributed by atoms with Crippen molar-refractivity contribution in [3.05, 3.63) is 74.1 Å². The molecule has 0 saturated heterocycles. The minimum Gasteiger partial charge on any atom is -0.476 e. The first-order valence-corrected chi connectivity index (χ1v) is 10.4. The first-order chi connectivity index (χ1) is 15.6. The maximum Gasteiger partial charge on any atom is 0.417 e. The molecule has 3 aromatic heterocycles. The second kappa shape index (κ2) is 8.51. The summed E-state index contributed by atoms with van der Waals surface area (Å²) in [5.74, 6) is -1.35. The molecule has 0 bridgehead atoms. The van der Waals surface area contributed by atoms with E-state index in [0.29, 0.717) is 5.69 Å². The molecule has 0 saturated carbocycles. The lowest BCUT2D eigenvalue weighted by Crippen LogP contribution is -2.23. The van der Waals surface area contributed by atoms with E-state index >= 15 is 0 Å². The summed E-state index contributed by atoms with van der Waals surface area (Å²) in [5, 5.41) is 12.1. The lowest BCUT2D eigenvalue weighted by Gasteiger charge is -2.16. The van der Waals surface area contributed by atoms with Crippen LogP contribution in [0.4, 0.5) is 18.9 Å². The van der Waals surface area contributed by atoms with Crippen LogP contribution in [0.15, 0.2) is 35.3 Å². The molecule has 11 heteroatoms. The molecule has 2 N–H and O–H groups in total. The van der Waals surface area contributed by atoms with Gasteiger partial charge in [-0.2, -0.15) is 13.2 Å². The number of aromatic carboxylic acids is 1. The van der Waals surface area contributed by atoms with E-state index in [1.54, 1.807) is 6.92 Å². The van der Waals surface area contributed by atoms with E-state index in [1.165, 1.54) is 12.1 Å². The number of nitrogens with zero attached hydrogens (tertiary/aromatic N) is 3. The Balaban J connectivity index is 1.87. The Labute approximate surface area is 190 Å². The van der Waals surface area contributed by atoms with Crippen LogP contribution in [0, 0.1) is 6.92 Å². The smallest absolute Gasteiger partial charge is 0.417 e. The largest absolute Gasteiger partial charge is 0.476 e. The number of anilines is 1. The van der Waals surface area contributed by atoms with E-state index in [4.69, 9.17) is 11.6 Å². The van der Waals surface area contributed by atoms with Crippen molar-refractivity contribution < 1.29 is 23.1 Å². The van der Waals surface area contributed by atoms with Crippen molar-refractivity contribution >= 4 is 34.5 Å². The Hall–Kier alpha value is -3.40. The van der Waals surface area contributed by atoms with E-state index < -0.39 is 23.3 Å². The van der Waals surface area contributed by atoms with Crippen molar-refractivity contribution in [1.82, 2.24) is 14.4 Å². The number of carboxylic acid groups (broad SMARTS) is 1. The first-order valence-electron chi connectivity index (χ1n) is 10.0. The number of pyridine rings is 2. The zero-order valence-electron chi connectivity index (χ0n) is 17.3. The van der Waals surface area contributed by atoms with Crippen LogP contribution in [0.1, 0.15) is 52.1 Å².